The molecule has 0 aromatic rings. The quantitative estimate of drug-likeness (QED) is 0.284. The number of hydrogen-bond acceptors (Lipinski definition) is 1. The van der Waals surface area contributed by atoms with Crippen LogP contribution in [-0.4, -0.2) is 30.7 Å². The van der Waals surface area contributed by atoms with Gasteiger partial charge >= 0.3 is 6.11 Å². The average molecular weight is 481 g/mol. The van der Waals surface area contributed by atoms with E-state index in [4.69, 9.17) is 4.74 Å². The molecule has 0 heterocycles. The topological polar surface area (TPSA) is 9.23 Å². The Kier molecular flexibility index (Phi) is 10.3. The van der Waals surface area contributed by atoms with Crippen molar-refractivity contribution in [3.8, 4) is 0 Å². The Morgan fingerprint density at radius 1 is 0.848 bits per heavy atom. The molecular weight excluding hydrogens is 435 g/mol. The standard InChI is InChI=1S/C27H45F5O/c1-3-5-20(21-12-8-18(2)9-13-21)7-4-6-19-10-14-22(15-11-19)27(31,32)33-23-16-24(28)26(30)25(29)17-23/h18-26H,3-17H2,1-2H3/t18?,19?,20-,21?,22?,23?,24?,25?,26?/m1/s1. The Morgan fingerprint density at radius 2 is 1.45 bits per heavy atom. The number of hydrogen-bond donors (Lipinski definition) is 0. The van der Waals surface area contributed by atoms with Crippen LogP contribution in [0.3, 0.4) is 0 Å². The van der Waals surface area contributed by atoms with Gasteiger partial charge in [-0.15, -0.1) is 0 Å². The molecule has 3 aliphatic carbocycles. The first-order valence-electron chi connectivity index (χ1n) is 13.7. The maximum Gasteiger partial charge on any atom is 0.358 e. The molecule has 0 spiro atoms. The third kappa shape index (κ3) is 7.80. The fourth-order valence-electron chi connectivity index (χ4n) is 6.70. The van der Waals surface area contributed by atoms with Crippen LogP contribution in [-0.2, 0) is 4.74 Å². The summed E-state index contributed by atoms with van der Waals surface area (Å²) in [7, 11) is 0. The average Bonchev–Trinajstić information content (AvgIpc) is 2.77. The zero-order valence-corrected chi connectivity index (χ0v) is 20.6. The van der Waals surface area contributed by atoms with Crippen LogP contribution < -0.4 is 0 Å². The molecule has 3 saturated carbocycles. The van der Waals surface area contributed by atoms with Crippen molar-refractivity contribution in [2.75, 3.05) is 0 Å². The predicted molar refractivity (Wildman–Crippen MR) is 123 cm³/mol. The van der Waals surface area contributed by atoms with E-state index < -0.39 is 49.5 Å². The lowest BCUT2D eigenvalue weighted by Gasteiger charge is -2.37. The van der Waals surface area contributed by atoms with E-state index in [2.05, 4.69) is 13.8 Å². The Bertz CT molecular complexity index is 545. The smallest absolute Gasteiger partial charge is 0.317 e. The molecule has 6 heteroatoms. The molecule has 3 fully saturated rings. The van der Waals surface area contributed by atoms with Crippen molar-refractivity contribution in [1.82, 2.24) is 0 Å². The molecule has 3 atom stereocenters. The largest absolute Gasteiger partial charge is 0.358 e. The summed E-state index contributed by atoms with van der Waals surface area (Å²) in [6.45, 7) is 4.63. The summed E-state index contributed by atoms with van der Waals surface area (Å²) in [5, 5.41) is 0. The van der Waals surface area contributed by atoms with Gasteiger partial charge in [-0.05, 0) is 62.2 Å². The second-order valence-corrected chi connectivity index (χ2v) is 11.5. The lowest BCUT2D eigenvalue weighted by atomic mass is 9.72. The third-order valence-corrected chi connectivity index (χ3v) is 8.89. The summed E-state index contributed by atoms with van der Waals surface area (Å²) in [4.78, 5) is 0. The molecule has 0 aromatic heterocycles. The summed E-state index contributed by atoms with van der Waals surface area (Å²) in [5.41, 5.74) is 0. The van der Waals surface area contributed by atoms with Gasteiger partial charge in [-0.2, -0.15) is 8.78 Å². The Balaban J connectivity index is 1.38. The summed E-state index contributed by atoms with van der Waals surface area (Å²) in [6, 6.07) is 0. The zero-order valence-electron chi connectivity index (χ0n) is 20.6. The molecule has 3 rings (SSSR count). The third-order valence-electron chi connectivity index (χ3n) is 8.89. The highest BCUT2D eigenvalue weighted by Gasteiger charge is 2.48. The fraction of sp³-hybridized carbons (Fsp3) is 1.00. The first-order valence-corrected chi connectivity index (χ1v) is 13.7. The maximum absolute atomic E-state index is 14.7. The summed E-state index contributed by atoms with van der Waals surface area (Å²) >= 11 is 0. The van der Waals surface area contributed by atoms with Gasteiger partial charge in [0.05, 0.1) is 12.0 Å². The number of ether oxygens (including phenoxy) is 1. The van der Waals surface area contributed by atoms with Crippen molar-refractivity contribution < 1.29 is 26.7 Å². The monoisotopic (exact) mass is 480 g/mol. The summed E-state index contributed by atoms with van der Waals surface area (Å²) in [5.74, 6) is 2.13. The first kappa shape index (κ1) is 27.2. The van der Waals surface area contributed by atoms with Crippen molar-refractivity contribution in [1.29, 1.82) is 0 Å². The van der Waals surface area contributed by atoms with Gasteiger partial charge in [-0.25, -0.2) is 13.2 Å². The van der Waals surface area contributed by atoms with Crippen LogP contribution in [0.1, 0.15) is 110 Å². The molecule has 1 nitrogen and oxygen atoms in total. The minimum Gasteiger partial charge on any atom is -0.317 e. The number of halogens is 5. The second kappa shape index (κ2) is 12.5. The van der Waals surface area contributed by atoms with Crippen LogP contribution in [0.2, 0.25) is 0 Å². The van der Waals surface area contributed by atoms with E-state index in [1.165, 1.54) is 51.4 Å². The summed E-state index contributed by atoms with van der Waals surface area (Å²) < 4.78 is 74.7. The highest BCUT2D eigenvalue weighted by Crippen LogP contribution is 2.44. The first-order chi connectivity index (χ1) is 15.7. The van der Waals surface area contributed by atoms with Crippen molar-refractivity contribution in [3.05, 3.63) is 0 Å². The van der Waals surface area contributed by atoms with Crippen LogP contribution in [0.5, 0.6) is 0 Å². The lowest BCUT2D eigenvalue weighted by molar-refractivity contribution is -0.306. The van der Waals surface area contributed by atoms with Gasteiger partial charge in [0.2, 0.25) is 0 Å². The van der Waals surface area contributed by atoms with Crippen LogP contribution in [0.25, 0.3) is 0 Å². The Labute approximate surface area is 197 Å². The van der Waals surface area contributed by atoms with Gasteiger partial charge in [0.1, 0.15) is 12.3 Å². The molecular formula is C27H45F5O. The highest BCUT2D eigenvalue weighted by atomic mass is 19.3. The van der Waals surface area contributed by atoms with Crippen LogP contribution >= 0.6 is 0 Å². The number of alkyl halides is 5. The molecule has 2 unspecified atom stereocenters. The van der Waals surface area contributed by atoms with Crippen molar-refractivity contribution in [2.45, 2.75) is 141 Å². The van der Waals surface area contributed by atoms with E-state index >= 15 is 0 Å². The van der Waals surface area contributed by atoms with Gasteiger partial charge in [0.25, 0.3) is 0 Å². The highest BCUT2D eigenvalue weighted by molar-refractivity contribution is 4.89. The van der Waals surface area contributed by atoms with Crippen molar-refractivity contribution in [3.63, 3.8) is 0 Å². The van der Waals surface area contributed by atoms with Crippen molar-refractivity contribution in [2.24, 2.45) is 29.6 Å². The van der Waals surface area contributed by atoms with E-state index in [0.29, 0.717) is 18.8 Å². The maximum atomic E-state index is 14.7. The van der Waals surface area contributed by atoms with E-state index in [1.54, 1.807) is 0 Å². The minimum absolute atomic E-state index is 0.382. The van der Waals surface area contributed by atoms with Gasteiger partial charge in [-0.1, -0.05) is 58.8 Å². The van der Waals surface area contributed by atoms with Crippen molar-refractivity contribution >= 4 is 0 Å². The van der Waals surface area contributed by atoms with Gasteiger partial charge in [0.15, 0.2) is 6.17 Å². The Morgan fingerprint density at radius 3 is 2.03 bits per heavy atom. The molecule has 0 bridgehead atoms. The molecule has 3 aliphatic rings. The normalized spacial score (nSPS) is 39.4. The van der Waals surface area contributed by atoms with Gasteiger partial charge < -0.3 is 4.74 Å². The van der Waals surface area contributed by atoms with Crippen LogP contribution in [0.4, 0.5) is 22.0 Å². The summed E-state index contributed by atoms with van der Waals surface area (Å²) in [6.07, 6.45) is 1.81. The Hall–Kier alpha value is -0.390. The predicted octanol–water partition coefficient (Wildman–Crippen LogP) is 8.99. The van der Waals surface area contributed by atoms with E-state index in [0.717, 1.165) is 37.0 Å². The van der Waals surface area contributed by atoms with E-state index in [-0.39, 0.29) is 0 Å². The fourth-order valence-corrected chi connectivity index (χ4v) is 6.70. The van der Waals surface area contributed by atoms with E-state index in [9.17, 15) is 22.0 Å². The number of rotatable bonds is 10. The molecule has 0 amide bonds. The molecule has 0 N–H and O–H groups in total. The second-order valence-electron chi connectivity index (χ2n) is 11.5. The zero-order chi connectivity index (χ0) is 24.0. The van der Waals surface area contributed by atoms with Gasteiger partial charge in [-0.3, -0.25) is 0 Å². The molecule has 33 heavy (non-hydrogen) atoms. The van der Waals surface area contributed by atoms with Gasteiger partial charge in [0, 0.05) is 12.8 Å². The van der Waals surface area contributed by atoms with Crippen LogP contribution in [0, 0.1) is 29.6 Å². The lowest BCUT2D eigenvalue weighted by Crippen LogP contribution is -2.45. The molecule has 194 valence electrons. The molecule has 0 aromatic carbocycles. The van der Waals surface area contributed by atoms with E-state index in [1.807, 2.05) is 0 Å². The van der Waals surface area contributed by atoms with Crippen LogP contribution in [0.15, 0.2) is 0 Å². The SMILES string of the molecule is CCC[C@H](CCCC1CCC(C(F)(F)OC2CC(F)C(F)C(F)C2)CC1)C1CCC(C)CC1. The molecule has 0 saturated heterocycles. The minimum atomic E-state index is -3.40. The molecule has 0 aliphatic heterocycles. The molecule has 0 radical (unpaired) electrons.